The van der Waals surface area contributed by atoms with Gasteiger partial charge in [0.2, 0.25) is 0 Å². The number of hydrogen-bond donors (Lipinski definition) is 1. The first kappa shape index (κ1) is 19.7. The van der Waals surface area contributed by atoms with Crippen molar-refractivity contribution in [1.82, 2.24) is 4.90 Å². The van der Waals surface area contributed by atoms with Gasteiger partial charge < -0.3 is 15.4 Å². The van der Waals surface area contributed by atoms with E-state index in [-0.39, 0.29) is 24.0 Å². The van der Waals surface area contributed by atoms with Gasteiger partial charge in [0, 0.05) is 24.6 Å². The second-order valence-corrected chi connectivity index (χ2v) is 7.52. The van der Waals surface area contributed by atoms with Crippen LogP contribution in [-0.2, 0) is 6.54 Å². The molecule has 2 aliphatic rings. The van der Waals surface area contributed by atoms with Crippen molar-refractivity contribution in [2.75, 3.05) is 24.6 Å². The lowest BCUT2D eigenvalue weighted by Gasteiger charge is -2.27. The molecular weight excluding hydrogens is 433 g/mol. The van der Waals surface area contributed by atoms with Gasteiger partial charge in [-0.2, -0.15) is 11.8 Å². The van der Waals surface area contributed by atoms with Gasteiger partial charge in [0.05, 0.1) is 12.6 Å². The predicted molar refractivity (Wildman–Crippen MR) is 114 cm³/mol. The number of rotatable bonds is 4. The number of guanidine groups is 1. The first-order valence-corrected chi connectivity index (χ1v) is 9.85. The molecule has 0 aromatic heterocycles. The molecule has 2 N–H and O–H groups in total. The Kier molecular flexibility index (Phi) is 8.52. The van der Waals surface area contributed by atoms with Gasteiger partial charge in [-0.1, -0.05) is 18.6 Å². The quantitative estimate of drug-likeness (QED) is 0.420. The summed E-state index contributed by atoms with van der Waals surface area (Å²) in [6.45, 7) is 2.63. The summed E-state index contributed by atoms with van der Waals surface area (Å²) in [7, 11) is 0. The van der Waals surface area contributed by atoms with Crippen molar-refractivity contribution in [1.29, 1.82) is 0 Å². The first-order valence-electron chi connectivity index (χ1n) is 8.69. The van der Waals surface area contributed by atoms with E-state index in [1.54, 1.807) is 0 Å². The zero-order valence-corrected chi connectivity index (χ0v) is 17.3. The molecular formula is C18H28IN3OS. The summed E-state index contributed by atoms with van der Waals surface area (Å²) < 4.78 is 6.13. The highest BCUT2D eigenvalue weighted by Crippen LogP contribution is 2.24. The Morgan fingerprint density at radius 3 is 2.71 bits per heavy atom. The van der Waals surface area contributed by atoms with Crippen LogP contribution in [-0.4, -0.2) is 41.6 Å². The summed E-state index contributed by atoms with van der Waals surface area (Å²) in [4.78, 5) is 6.74. The molecule has 0 bridgehead atoms. The highest BCUT2D eigenvalue weighted by molar-refractivity contribution is 14.0. The van der Waals surface area contributed by atoms with Gasteiger partial charge in [-0.3, -0.25) is 0 Å². The van der Waals surface area contributed by atoms with Crippen LogP contribution in [0.25, 0.3) is 0 Å². The number of nitrogens with two attached hydrogens (primary N) is 1. The average Bonchev–Trinajstić information content (AvgIpc) is 2.62. The van der Waals surface area contributed by atoms with Crippen molar-refractivity contribution in [3.63, 3.8) is 0 Å². The fraction of sp³-hybridized carbons (Fsp3) is 0.611. The second-order valence-electron chi connectivity index (χ2n) is 6.30. The minimum absolute atomic E-state index is 0. The summed E-state index contributed by atoms with van der Waals surface area (Å²) in [5.41, 5.74) is 7.28. The fourth-order valence-corrected chi connectivity index (χ4v) is 4.06. The minimum Gasteiger partial charge on any atom is -0.490 e. The zero-order valence-electron chi connectivity index (χ0n) is 14.2. The van der Waals surface area contributed by atoms with Gasteiger partial charge in [0.25, 0.3) is 0 Å². The van der Waals surface area contributed by atoms with Crippen molar-refractivity contribution >= 4 is 41.7 Å². The Balaban J connectivity index is 0.00000208. The molecule has 1 aromatic rings. The van der Waals surface area contributed by atoms with Crippen LogP contribution in [0.15, 0.2) is 29.3 Å². The molecule has 6 heteroatoms. The van der Waals surface area contributed by atoms with Crippen LogP contribution in [0, 0.1) is 0 Å². The molecule has 2 fully saturated rings. The van der Waals surface area contributed by atoms with Crippen molar-refractivity contribution < 1.29 is 4.74 Å². The van der Waals surface area contributed by atoms with Crippen LogP contribution in [0.3, 0.4) is 0 Å². The SMILES string of the molecule is I.NC(=NCc1cccc(OC2CCCCC2)c1)N1CCSCC1. The Labute approximate surface area is 166 Å². The van der Waals surface area contributed by atoms with Crippen LogP contribution in [0.5, 0.6) is 5.75 Å². The zero-order chi connectivity index (χ0) is 15.9. The lowest BCUT2D eigenvalue weighted by atomic mass is 9.98. The van der Waals surface area contributed by atoms with Crippen molar-refractivity contribution in [2.24, 2.45) is 10.7 Å². The monoisotopic (exact) mass is 461 g/mol. The fourth-order valence-electron chi connectivity index (χ4n) is 3.16. The molecule has 1 aliphatic carbocycles. The molecule has 0 atom stereocenters. The maximum atomic E-state index is 6.13. The number of halogens is 1. The molecule has 3 rings (SSSR count). The highest BCUT2D eigenvalue weighted by Gasteiger charge is 2.15. The maximum absolute atomic E-state index is 6.13. The Hall–Kier alpha value is -0.630. The molecule has 0 unspecified atom stereocenters. The predicted octanol–water partition coefficient (Wildman–Crippen LogP) is 3.88. The minimum atomic E-state index is 0. The standard InChI is InChI=1S/C18H27N3OS.HI/c19-18(21-9-11-23-12-10-21)20-14-15-5-4-8-17(13-15)22-16-6-2-1-3-7-16;/h4-5,8,13,16H,1-3,6-7,9-12,14H2,(H2,19,20);1H. The van der Waals surface area contributed by atoms with Crippen molar-refractivity contribution in [2.45, 2.75) is 44.8 Å². The third kappa shape index (κ3) is 6.02. The molecule has 1 aliphatic heterocycles. The smallest absolute Gasteiger partial charge is 0.191 e. The molecule has 24 heavy (non-hydrogen) atoms. The van der Waals surface area contributed by atoms with E-state index in [2.05, 4.69) is 28.1 Å². The van der Waals surface area contributed by atoms with Gasteiger partial charge in [0.1, 0.15) is 5.75 Å². The van der Waals surface area contributed by atoms with E-state index in [1.165, 1.54) is 32.1 Å². The normalized spacial score (nSPS) is 19.7. The lowest BCUT2D eigenvalue weighted by molar-refractivity contribution is 0.155. The van der Waals surface area contributed by atoms with E-state index in [1.807, 2.05) is 17.8 Å². The van der Waals surface area contributed by atoms with Crippen molar-refractivity contribution in [3.8, 4) is 5.75 Å². The van der Waals surface area contributed by atoms with Gasteiger partial charge in [-0.25, -0.2) is 4.99 Å². The number of thioether (sulfide) groups is 1. The molecule has 0 spiro atoms. The van der Waals surface area contributed by atoms with Gasteiger partial charge in [-0.05, 0) is 43.4 Å². The topological polar surface area (TPSA) is 50.9 Å². The molecule has 1 saturated heterocycles. The molecule has 1 aromatic carbocycles. The second kappa shape index (κ2) is 10.4. The van der Waals surface area contributed by atoms with E-state index < -0.39 is 0 Å². The summed E-state index contributed by atoms with van der Waals surface area (Å²) in [5, 5.41) is 0. The van der Waals surface area contributed by atoms with E-state index in [4.69, 9.17) is 10.5 Å². The van der Waals surface area contributed by atoms with E-state index in [0.29, 0.717) is 18.6 Å². The van der Waals surface area contributed by atoms with E-state index >= 15 is 0 Å². The summed E-state index contributed by atoms with van der Waals surface area (Å²) >= 11 is 1.98. The highest BCUT2D eigenvalue weighted by atomic mass is 127. The van der Waals surface area contributed by atoms with E-state index in [9.17, 15) is 0 Å². The lowest BCUT2D eigenvalue weighted by Crippen LogP contribution is -2.42. The Bertz CT molecular complexity index is 529. The Morgan fingerprint density at radius 2 is 1.96 bits per heavy atom. The van der Waals surface area contributed by atoms with Crippen LogP contribution < -0.4 is 10.5 Å². The third-order valence-electron chi connectivity index (χ3n) is 4.51. The number of ether oxygens (including phenoxy) is 1. The maximum Gasteiger partial charge on any atom is 0.191 e. The molecule has 1 saturated carbocycles. The van der Waals surface area contributed by atoms with Crippen LogP contribution in [0.1, 0.15) is 37.7 Å². The Morgan fingerprint density at radius 1 is 1.21 bits per heavy atom. The van der Waals surface area contributed by atoms with Crippen LogP contribution in [0.2, 0.25) is 0 Å². The van der Waals surface area contributed by atoms with Gasteiger partial charge in [-0.15, -0.1) is 24.0 Å². The van der Waals surface area contributed by atoms with Crippen molar-refractivity contribution in [3.05, 3.63) is 29.8 Å². The number of aliphatic imine (C=N–C) groups is 1. The molecule has 134 valence electrons. The largest absolute Gasteiger partial charge is 0.490 e. The first-order chi connectivity index (χ1) is 11.3. The summed E-state index contributed by atoms with van der Waals surface area (Å²) in [6, 6.07) is 8.30. The number of hydrogen-bond acceptors (Lipinski definition) is 3. The van der Waals surface area contributed by atoms with Gasteiger partial charge >= 0.3 is 0 Å². The van der Waals surface area contributed by atoms with Gasteiger partial charge in [0.15, 0.2) is 5.96 Å². The van der Waals surface area contributed by atoms with E-state index in [0.717, 1.165) is 35.9 Å². The summed E-state index contributed by atoms with van der Waals surface area (Å²) in [5.74, 6) is 3.92. The molecule has 4 nitrogen and oxygen atoms in total. The third-order valence-corrected chi connectivity index (χ3v) is 5.45. The average molecular weight is 461 g/mol. The molecule has 0 amide bonds. The van der Waals surface area contributed by atoms with Crippen LogP contribution >= 0.6 is 35.7 Å². The number of nitrogens with zero attached hydrogens (tertiary/aromatic N) is 2. The number of benzene rings is 1. The van der Waals surface area contributed by atoms with Crippen LogP contribution in [0.4, 0.5) is 0 Å². The molecule has 0 radical (unpaired) electrons. The molecule has 1 heterocycles. The summed E-state index contributed by atoms with van der Waals surface area (Å²) in [6.07, 6.45) is 6.69.